The highest BCUT2D eigenvalue weighted by Crippen LogP contribution is 2.23. The second kappa shape index (κ2) is 5.30. The van der Waals surface area contributed by atoms with Gasteiger partial charge in [-0.15, -0.1) is 11.6 Å². The molecule has 0 saturated heterocycles. The van der Waals surface area contributed by atoms with Crippen LogP contribution in [0.5, 0.6) is 0 Å². The van der Waals surface area contributed by atoms with Crippen LogP contribution in [0.1, 0.15) is 19.3 Å². The van der Waals surface area contributed by atoms with Gasteiger partial charge in [0.05, 0.1) is 11.9 Å². The molecule has 0 aromatic carbocycles. The van der Waals surface area contributed by atoms with Gasteiger partial charge >= 0.3 is 0 Å². The number of sulfonamides is 1. The van der Waals surface area contributed by atoms with Crippen molar-refractivity contribution < 1.29 is 13.2 Å². The van der Waals surface area contributed by atoms with Gasteiger partial charge in [0.15, 0.2) is 0 Å². The molecule has 0 aliphatic heterocycles. The Hall–Kier alpha value is 0.160. The SMILES string of the molecule is COC1CC(NS(=O)(=O)CCCCl)C1. The summed E-state index contributed by atoms with van der Waals surface area (Å²) < 4.78 is 30.4. The van der Waals surface area contributed by atoms with Crippen molar-refractivity contribution >= 4 is 21.6 Å². The average molecular weight is 242 g/mol. The summed E-state index contributed by atoms with van der Waals surface area (Å²) in [6.07, 6.45) is 2.26. The van der Waals surface area contributed by atoms with E-state index in [1.807, 2.05) is 0 Å². The van der Waals surface area contributed by atoms with Crippen LogP contribution in [-0.2, 0) is 14.8 Å². The molecule has 1 N–H and O–H groups in total. The highest BCUT2D eigenvalue weighted by molar-refractivity contribution is 7.89. The number of rotatable bonds is 6. The Kier molecular flexibility index (Phi) is 4.63. The molecule has 1 fully saturated rings. The summed E-state index contributed by atoms with van der Waals surface area (Å²) in [5.41, 5.74) is 0. The van der Waals surface area contributed by atoms with E-state index in [4.69, 9.17) is 16.3 Å². The Balaban J connectivity index is 2.24. The molecule has 0 radical (unpaired) electrons. The fraction of sp³-hybridized carbons (Fsp3) is 1.00. The minimum atomic E-state index is -3.13. The number of alkyl halides is 1. The molecule has 0 atom stereocenters. The molecular weight excluding hydrogens is 226 g/mol. The van der Waals surface area contributed by atoms with E-state index in [9.17, 15) is 8.42 Å². The quantitative estimate of drug-likeness (QED) is 0.697. The van der Waals surface area contributed by atoms with Gasteiger partial charge in [-0.05, 0) is 19.3 Å². The Morgan fingerprint density at radius 3 is 2.64 bits per heavy atom. The lowest BCUT2D eigenvalue weighted by Gasteiger charge is -2.34. The van der Waals surface area contributed by atoms with Crippen LogP contribution in [0.15, 0.2) is 0 Å². The van der Waals surface area contributed by atoms with Crippen LogP contribution in [0.2, 0.25) is 0 Å². The Morgan fingerprint density at radius 2 is 2.14 bits per heavy atom. The average Bonchev–Trinajstić information content (AvgIpc) is 2.07. The number of hydrogen-bond donors (Lipinski definition) is 1. The van der Waals surface area contributed by atoms with Crippen LogP contribution in [0, 0.1) is 0 Å². The number of halogens is 1. The van der Waals surface area contributed by atoms with Crippen molar-refractivity contribution in [3.05, 3.63) is 0 Å². The van der Waals surface area contributed by atoms with Gasteiger partial charge in [0.25, 0.3) is 0 Å². The normalized spacial score (nSPS) is 27.3. The van der Waals surface area contributed by atoms with Crippen LogP contribution < -0.4 is 4.72 Å². The molecule has 14 heavy (non-hydrogen) atoms. The minimum Gasteiger partial charge on any atom is -0.381 e. The van der Waals surface area contributed by atoms with Crippen LogP contribution >= 0.6 is 11.6 Å². The first kappa shape index (κ1) is 12.2. The summed E-state index contributed by atoms with van der Waals surface area (Å²) in [5, 5.41) is 0. The van der Waals surface area contributed by atoms with Crippen molar-refractivity contribution in [3.63, 3.8) is 0 Å². The van der Waals surface area contributed by atoms with E-state index in [2.05, 4.69) is 4.72 Å². The van der Waals surface area contributed by atoms with E-state index in [1.54, 1.807) is 7.11 Å². The van der Waals surface area contributed by atoms with Crippen molar-refractivity contribution in [1.29, 1.82) is 0 Å². The van der Waals surface area contributed by atoms with Crippen LogP contribution in [0.4, 0.5) is 0 Å². The van der Waals surface area contributed by atoms with E-state index in [0.717, 1.165) is 12.8 Å². The van der Waals surface area contributed by atoms with Crippen molar-refractivity contribution in [1.82, 2.24) is 4.72 Å². The zero-order chi connectivity index (χ0) is 10.6. The van der Waals surface area contributed by atoms with Gasteiger partial charge in [-0.25, -0.2) is 13.1 Å². The molecule has 1 aliphatic rings. The molecule has 4 nitrogen and oxygen atoms in total. The van der Waals surface area contributed by atoms with Gasteiger partial charge in [-0.2, -0.15) is 0 Å². The van der Waals surface area contributed by atoms with Gasteiger partial charge < -0.3 is 4.74 Å². The van der Waals surface area contributed by atoms with E-state index < -0.39 is 10.0 Å². The lowest BCUT2D eigenvalue weighted by atomic mass is 9.90. The summed E-state index contributed by atoms with van der Waals surface area (Å²) in [4.78, 5) is 0. The van der Waals surface area contributed by atoms with Gasteiger partial charge in [0.2, 0.25) is 10.0 Å². The zero-order valence-corrected chi connectivity index (χ0v) is 9.77. The lowest BCUT2D eigenvalue weighted by molar-refractivity contribution is 0.0236. The van der Waals surface area contributed by atoms with Gasteiger partial charge in [0.1, 0.15) is 0 Å². The highest BCUT2D eigenvalue weighted by atomic mass is 35.5. The van der Waals surface area contributed by atoms with E-state index in [0.29, 0.717) is 12.3 Å². The molecule has 0 bridgehead atoms. The number of methoxy groups -OCH3 is 1. The molecular formula is C8H16ClNO3S. The maximum absolute atomic E-state index is 11.4. The largest absolute Gasteiger partial charge is 0.381 e. The van der Waals surface area contributed by atoms with Crippen LogP contribution in [0.3, 0.4) is 0 Å². The van der Waals surface area contributed by atoms with Crippen molar-refractivity contribution in [2.24, 2.45) is 0 Å². The summed E-state index contributed by atoms with van der Waals surface area (Å²) in [7, 11) is -1.48. The highest BCUT2D eigenvalue weighted by Gasteiger charge is 2.31. The van der Waals surface area contributed by atoms with E-state index in [-0.39, 0.29) is 17.9 Å². The van der Waals surface area contributed by atoms with Crippen molar-refractivity contribution in [3.8, 4) is 0 Å². The monoisotopic (exact) mass is 241 g/mol. The summed E-state index contributed by atoms with van der Waals surface area (Å²) in [6.45, 7) is 0. The molecule has 1 saturated carbocycles. The number of hydrogen-bond acceptors (Lipinski definition) is 3. The maximum atomic E-state index is 11.4. The smallest absolute Gasteiger partial charge is 0.211 e. The molecule has 84 valence electrons. The predicted molar refractivity (Wildman–Crippen MR) is 56.1 cm³/mol. The van der Waals surface area contributed by atoms with Gasteiger partial charge in [-0.1, -0.05) is 0 Å². The molecule has 0 heterocycles. The number of ether oxygens (including phenoxy) is 1. The van der Waals surface area contributed by atoms with Gasteiger partial charge in [-0.3, -0.25) is 0 Å². The summed E-state index contributed by atoms with van der Waals surface area (Å²) >= 11 is 5.43. The molecule has 1 aliphatic carbocycles. The fourth-order valence-corrected chi connectivity index (χ4v) is 3.05. The van der Waals surface area contributed by atoms with Crippen LogP contribution in [-0.4, -0.2) is 39.3 Å². The first-order valence-electron chi connectivity index (χ1n) is 4.66. The standard InChI is InChI=1S/C8H16ClNO3S/c1-13-8-5-7(6-8)10-14(11,12)4-2-3-9/h7-8,10H,2-6H2,1H3. The second-order valence-electron chi connectivity index (χ2n) is 3.51. The maximum Gasteiger partial charge on any atom is 0.211 e. The third-order valence-electron chi connectivity index (χ3n) is 2.32. The van der Waals surface area contributed by atoms with E-state index >= 15 is 0 Å². The Morgan fingerprint density at radius 1 is 1.50 bits per heavy atom. The fourth-order valence-electron chi connectivity index (χ4n) is 1.41. The first-order valence-corrected chi connectivity index (χ1v) is 6.85. The molecule has 0 aromatic rings. The summed E-state index contributed by atoms with van der Waals surface area (Å²) in [5.74, 6) is 0.497. The summed E-state index contributed by atoms with van der Waals surface area (Å²) in [6, 6.07) is 0.0558. The number of nitrogens with one attached hydrogen (secondary N) is 1. The minimum absolute atomic E-state index is 0.0558. The predicted octanol–water partition coefficient (Wildman–Crippen LogP) is 0.712. The first-order chi connectivity index (χ1) is 6.57. The zero-order valence-electron chi connectivity index (χ0n) is 8.20. The lowest BCUT2D eigenvalue weighted by Crippen LogP contribution is -2.48. The van der Waals surface area contributed by atoms with Gasteiger partial charge in [0, 0.05) is 19.0 Å². The molecule has 0 unspecified atom stereocenters. The molecule has 0 amide bonds. The molecule has 0 aromatic heterocycles. The Bertz CT molecular complexity index is 262. The van der Waals surface area contributed by atoms with Crippen LogP contribution in [0.25, 0.3) is 0 Å². The molecule has 6 heteroatoms. The topological polar surface area (TPSA) is 55.4 Å². The second-order valence-corrected chi connectivity index (χ2v) is 5.76. The Labute approximate surface area is 90.0 Å². The third-order valence-corrected chi connectivity index (χ3v) is 4.11. The van der Waals surface area contributed by atoms with Crippen molar-refractivity contribution in [2.45, 2.75) is 31.4 Å². The van der Waals surface area contributed by atoms with E-state index in [1.165, 1.54) is 0 Å². The molecule has 0 spiro atoms. The van der Waals surface area contributed by atoms with Crippen molar-refractivity contribution in [2.75, 3.05) is 18.7 Å². The molecule has 1 rings (SSSR count). The third kappa shape index (κ3) is 3.73.